The number of rotatable bonds is 5. The van der Waals surface area contributed by atoms with Crippen molar-refractivity contribution in [3.63, 3.8) is 0 Å². The first-order valence-electron chi connectivity index (χ1n) is 10.9. The van der Waals surface area contributed by atoms with E-state index in [9.17, 15) is 14.7 Å². The molecule has 2 amide bonds. The number of carbonyl (C=O) groups is 2. The van der Waals surface area contributed by atoms with E-state index in [1.807, 2.05) is 37.3 Å². The van der Waals surface area contributed by atoms with Crippen LogP contribution in [0.2, 0.25) is 0 Å². The molecule has 2 saturated heterocycles. The number of nitrogens with zero attached hydrogens (tertiary/aromatic N) is 2. The summed E-state index contributed by atoms with van der Waals surface area (Å²) in [7, 11) is 0. The number of hydroxylamine groups is 1. The van der Waals surface area contributed by atoms with Crippen LogP contribution >= 0.6 is 0 Å². The first-order valence-corrected chi connectivity index (χ1v) is 10.9. The number of anilines is 2. The molecular weight excluding hydrogens is 420 g/mol. The van der Waals surface area contributed by atoms with Gasteiger partial charge in [-0.25, -0.2) is 9.96 Å². The van der Waals surface area contributed by atoms with E-state index in [1.165, 1.54) is 4.90 Å². The van der Waals surface area contributed by atoms with E-state index < -0.39 is 23.5 Å². The minimum absolute atomic E-state index is 0.0358. The number of phenolic OH excluding ortho intramolecular Hbond substituents is 1. The lowest BCUT2D eigenvalue weighted by atomic mass is 9.76. The monoisotopic (exact) mass is 444 g/mol. The number of hydrogen-bond donors (Lipinski definition) is 1. The SMILES string of the molecule is CCOc1ccc(N2C(=O)C3ON(c4ccccc4)C(c4ccccc4O)C3(C)C2=O)cc1. The highest BCUT2D eigenvalue weighted by molar-refractivity contribution is 6.25. The predicted octanol–water partition coefficient (Wildman–Crippen LogP) is 4.23. The molecule has 2 heterocycles. The minimum atomic E-state index is -1.26. The van der Waals surface area contributed by atoms with Crippen LogP contribution in [0.5, 0.6) is 11.5 Å². The van der Waals surface area contributed by atoms with Crippen molar-refractivity contribution in [3.05, 3.63) is 84.4 Å². The van der Waals surface area contributed by atoms with Gasteiger partial charge in [0.1, 0.15) is 23.0 Å². The molecule has 2 aliphatic heterocycles. The third-order valence-corrected chi connectivity index (χ3v) is 6.32. The van der Waals surface area contributed by atoms with Gasteiger partial charge in [-0.05, 0) is 56.3 Å². The van der Waals surface area contributed by atoms with Crippen LogP contribution in [0.4, 0.5) is 11.4 Å². The number of benzene rings is 3. The second kappa shape index (κ2) is 7.94. The quantitative estimate of drug-likeness (QED) is 0.594. The number of ether oxygens (including phenoxy) is 1. The van der Waals surface area contributed by atoms with Gasteiger partial charge in [0, 0.05) is 5.56 Å². The van der Waals surface area contributed by atoms with Crippen molar-refractivity contribution >= 4 is 23.2 Å². The average Bonchev–Trinajstić information content (AvgIpc) is 3.24. The molecule has 3 unspecified atom stereocenters. The lowest BCUT2D eigenvalue weighted by Gasteiger charge is -2.33. The van der Waals surface area contributed by atoms with Crippen LogP contribution in [0.15, 0.2) is 78.9 Å². The van der Waals surface area contributed by atoms with E-state index in [4.69, 9.17) is 9.57 Å². The zero-order chi connectivity index (χ0) is 23.2. The van der Waals surface area contributed by atoms with Gasteiger partial charge in [0.25, 0.3) is 5.91 Å². The van der Waals surface area contributed by atoms with Crippen molar-refractivity contribution in [3.8, 4) is 11.5 Å². The van der Waals surface area contributed by atoms with Gasteiger partial charge >= 0.3 is 0 Å². The van der Waals surface area contributed by atoms with Gasteiger partial charge < -0.3 is 9.84 Å². The van der Waals surface area contributed by atoms with Crippen LogP contribution in [0.1, 0.15) is 25.5 Å². The van der Waals surface area contributed by atoms with Gasteiger partial charge in [0.2, 0.25) is 5.91 Å². The Bertz CT molecular complexity index is 1200. The molecule has 0 radical (unpaired) electrons. The van der Waals surface area contributed by atoms with Crippen molar-refractivity contribution in [1.82, 2.24) is 0 Å². The Labute approximate surface area is 191 Å². The fourth-order valence-electron chi connectivity index (χ4n) is 4.72. The van der Waals surface area contributed by atoms with Crippen LogP contribution in [0, 0.1) is 5.41 Å². The Balaban J connectivity index is 1.60. The normalized spacial score (nSPS) is 24.3. The number of aromatic hydroxyl groups is 1. The number of phenols is 1. The summed E-state index contributed by atoms with van der Waals surface area (Å²) < 4.78 is 5.48. The number of fused-ring (bicyclic) bond motifs is 1. The smallest absolute Gasteiger partial charge is 0.266 e. The van der Waals surface area contributed by atoms with Gasteiger partial charge in [0.05, 0.1) is 18.0 Å². The maximum absolute atomic E-state index is 13.9. The second-order valence-electron chi connectivity index (χ2n) is 8.30. The number of carbonyl (C=O) groups excluding carboxylic acids is 2. The summed E-state index contributed by atoms with van der Waals surface area (Å²) in [4.78, 5) is 34.8. The summed E-state index contributed by atoms with van der Waals surface area (Å²) in [6.07, 6.45) is -1.04. The summed E-state index contributed by atoms with van der Waals surface area (Å²) in [5, 5.41) is 12.3. The Morgan fingerprint density at radius 1 is 0.939 bits per heavy atom. The molecule has 0 bridgehead atoms. The van der Waals surface area contributed by atoms with Crippen molar-refractivity contribution in [2.75, 3.05) is 16.6 Å². The lowest BCUT2D eigenvalue weighted by molar-refractivity contribution is -0.128. The van der Waals surface area contributed by atoms with E-state index in [0.717, 1.165) is 0 Å². The lowest BCUT2D eigenvalue weighted by Crippen LogP contribution is -2.41. The van der Waals surface area contributed by atoms with Crippen LogP contribution in [-0.2, 0) is 14.4 Å². The largest absolute Gasteiger partial charge is 0.508 e. The Morgan fingerprint density at radius 3 is 2.27 bits per heavy atom. The topological polar surface area (TPSA) is 79.3 Å². The Kier molecular flexibility index (Phi) is 5.06. The standard InChI is InChI=1S/C26H24N2O5/c1-3-32-19-15-13-17(14-16-19)27-24(30)23-26(2,25(27)31)22(20-11-7-8-12-21(20)29)28(33-23)18-9-5-4-6-10-18/h4-16,22-23,29H,3H2,1-2H3. The zero-order valence-electron chi connectivity index (χ0n) is 18.3. The van der Waals surface area contributed by atoms with Crippen molar-refractivity contribution in [2.45, 2.75) is 26.0 Å². The fraction of sp³-hybridized carbons (Fsp3) is 0.231. The molecular formula is C26H24N2O5. The number of para-hydroxylation sites is 2. The summed E-state index contributed by atoms with van der Waals surface area (Å²) in [5.41, 5.74) is 0.398. The van der Waals surface area contributed by atoms with Crippen molar-refractivity contribution in [2.24, 2.45) is 5.41 Å². The van der Waals surface area contributed by atoms with E-state index in [2.05, 4.69) is 0 Å². The van der Waals surface area contributed by atoms with E-state index in [0.29, 0.717) is 29.3 Å². The molecule has 33 heavy (non-hydrogen) atoms. The summed E-state index contributed by atoms with van der Waals surface area (Å²) >= 11 is 0. The molecule has 0 spiro atoms. The van der Waals surface area contributed by atoms with Gasteiger partial charge in [-0.1, -0.05) is 36.4 Å². The Morgan fingerprint density at radius 2 is 1.61 bits per heavy atom. The predicted molar refractivity (Wildman–Crippen MR) is 123 cm³/mol. The third-order valence-electron chi connectivity index (χ3n) is 6.32. The first kappa shape index (κ1) is 21.0. The molecule has 168 valence electrons. The van der Waals surface area contributed by atoms with Gasteiger partial charge in [-0.15, -0.1) is 0 Å². The summed E-state index contributed by atoms with van der Waals surface area (Å²) in [5.74, 6) is -0.127. The molecule has 7 nitrogen and oxygen atoms in total. The Hall–Kier alpha value is -3.84. The minimum Gasteiger partial charge on any atom is -0.508 e. The van der Waals surface area contributed by atoms with Crippen LogP contribution in [0.3, 0.4) is 0 Å². The fourth-order valence-corrected chi connectivity index (χ4v) is 4.72. The molecule has 2 aliphatic rings. The molecule has 2 fully saturated rings. The molecule has 0 aromatic heterocycles. The van der Waals surface area contributed by atoms with E-state index in [1.54, 1.807) is 60.5 Å². The van der Waals surface area contributed by atoms with Gasteiger partial charge in [-0.2, -0.15) is 0 Å². The van der Waals surface area contributed by atoms with Gasteiger partial charge in [-0.3, -0.25) is 14.4 Å². The first-order chi connectivity index (χ1) is 16.0. The van der Waals surface area contributed by atoms with E-state index >= 15 is 0 Å². The maximum atomic E-state index is 13.9. The van der Waals surface area contributed by atoms with Crippen LogP contribution < -0.4 is 14.7 Å². The highest BCUT2D eigenvalue weighted by Crippen LogP contribution is 2.56. The van der Waals surface area contributed by atoms with Crippen molar-refractivity contribution in [1.29, 1.82) is 0 Å². The highest BCUT2D eigenvalue weighted by Gasteiger charge is 2.69. The van der Waals surface area contributed by atoms with Crippen LogP contribution in [-0.4, -0.2) is 29.6 Å². The average molecular weight is 444 g/mol. The van der Waals surface area contributed by atoms with Crippen molar-refractivity contribution < 1.29 is 24.3 Å². The summed E-state index contributed by atoms with van der Waals surface area (Å²) in [6, 6.07) is 22.2. The maximum Gasteiger partial charge on any atom is 0.266 e. The molecule has 3 aromatic carbocycles. The second-order valence-corrected chi connectivity index (χ2v) is 8.30. The van der Waals surface area contributed by atoms with Gasteiger partial charge in [0.15, 0.2) is 6.10 Å². The molecule has 7 heteroatoms. The molecule has 0 aliphatic carbocycles. The molecule has 3 aromatic rings. The number of imide groups is 1. The molecule has 0 saturated carbocycles. The molecule has 5 rings (SSSR count). The number of hydrogen-bond acceptors (Lipinski definition) is 6. The number of amides is 2. The molecule has 3 atom stereocenters. The van der Waals surface area contributed by atoms with Crippen LogP contribution in [0.25, 0.3) is 0 Å². The summed E-state index contributed by atoms with van der Waals surface area (Å²) in [6.45, 7) is 4.14. The third kappa shape index (κ3) is 3.15. The van der Waals surface area contributed by atoms with E-state index in [-0.39, 0.29) is 11.7 Å². The molecule has 1 N–H and O–H groups in total. The highest BCUT2D eigenvalue weighted by atomic mass is 16.7. The zero-order valence-corrected chi connectivity index (χ0v) is 18.3.